The fourth-order valence-electron chi connectivity index (χ4n) is 3.49. The van der Waals surface area contributed by atoms with E-state index < -0.39 is 51.5 Å². The summed E-state index contributed by atoms with van der Waals surface area (Å²) in [7, 11) is -3.89. The summed E-state index contributed by atoms with van der Waals surface area (Å²) in [6.45, 7) is 2.63. The molecule has 33 heavy (non-hydrogen) atoms. The Morgan fingerprint density at radius 2 is 1.88 bits per heavy atom. The number of sulfone groups is 1. The summed E-state index contributed by atoms with van der Waals surface area (Å²) in [5.41, 5.74) is 0.244. The van der Waals surface area contributed by atoms with Crippen LogP contribution in [0.4, 0.5) is 0 Å². The number of carbonyl (C=O) groups is 3. The molecular weight excluding hydrogens is 497 g/mol. The van der Waals surface area contributed by atoms with Crippen LogP contribution in [-0.4, -0.2) is 61.6 Å². The number of benzene rings is 1. The molecular formula is C21H23Cl2NO8S. The number of hydrogen-bond acceptors (Lipinski definition) is 8. The molecule has 2 aliphatic heterocycles. The Kier molecular flexibility index (Phi) is 8.04. The van der Waals surface area contributed by atoms with Gasteiger partial charge in [0.15, 0.2) is 21.3 Å². The van der Waals surface area contributed by atoms with Crippen molar-refractivity contribution in [1.82, 2.24) is 4.90 Å². The number of esters is 2. The van der Waals surface area contributed by atoms with Crippen LogP contribution >= 0.6 is 23.2 Å². The molecule has 12 heteroatoms. The number of fused-ring (bicyclic) bond motifs is 1. The zero-order valence-electron chi connectivity index (χ0n) is 18.0. The molecule has 1 fully saturated rings. The van der Waals surface area contributed by atoms with Crippen LogP contribution in [0, 0.1) is 0 Å². The molecule has 1 aromatic carbocycles. The van der Waals surface area contributed by atoms with E-state index in [4.69, 9.17) is 37.4 Å². The lowest BCUT2D eigenvalue weighted by Crippen LogP contribution is -2.71. The smallest absolute Gasteiger partial charge is 0.355 e. The molecule has 1 amide bonds. The van der Waals surface area contributed by atoms with Gasteiger partial charge in [-0.1, -0.05) is 42.6 Å². The number of nitrogens with zero attached hydrogens (tertiary/aromatic N) is 1. The number of amides is 1. The quantitative estimate of drug-likeness (QED) is 0.277. The highest BCUT2D eigenvalue weighted by molar-refractivity contribution is 7.92. The maximum absolute atomic E-state index is 13.0. The first-order chi connectivity index (χ1) is 15.6. The minimum absolute atomic E-state index is 0.0408. The molecule has 0 radical (unpaired) electrons. The molecule has 1 saturated heterocycles. The fraction of sp³-hybridized carbons (Fsp3) is 0.476. The van der Waals surface area contributed by atoms with Gasteiger partial charge in [0.1, 0.15) is 18.9 Å². The van der Waals surface area contributed by atoms with Gasteiger partial charge in [-0.15, -0.1) is 0 Å². The molecule has 3 rings (SSSR count). The molecule has 0 aliphatic carbocycles. The second-order valence-electron chi connectivity index (χ2n) is 7.61. The Labute approximate surface area is 201 Å². The zero-order valence-corrected chi connectivity index (χ0v) is 20.3. The molecule has 0 N–H and O–H groups in total. The van der Waals surface area contributed by atoms with Crippen molar-refractivity contribution in [2.45, 2.75) is 44.8 Å². The van der Waals surface area contributed by atoms with Crippen molar-refractivity contribution in [3.05, 3.63) is 45.1 Å². The van der Waals surface area contributed by atoms with Gasteiger partial charge in [-0.2, -0.15) is 0 Å². The number of β-lactam (4-membered cyclic amide) rings is 1. The molecule has 0 bridgehead atoms. The maximum atomic E-state index is 13.0. The van der Waals surface area contributed by atoms with Crippen molar-refractivity contribution < 1.29 is 37.0 Å². The van der Waals surface area contributed by atoms with E-state index in [9.17, 15) is 22.8 Å². The maximum Gasteiger partial charge on any atom is 0.355 e. The van der Waals surface area contributed by atoms with E-state index in [1.807, 2.05) is 6.92 Å². The van der Waals surface area contributed by atoms with Gasteiger partial charge >= 0.3 is 11.9 Å². The Hall–Kier alpha value is -2.14. The normalized spacial score (nSPS) is 21.3. The third-order valence-corrected chi connectivity index (χ3v) is 7.79. The number of unbranched alkanes of at least 4 members (excludes halogenated alkanes) is 1. The second-order valence-corrected chi connectivity index (χ2v) is 10.5. The van der Waals surface area contributed by atoms with Crippen LogP contribution < -0.4 is 0 Å². The highest BCUT2D eigenvalue weighted by atomic mass is 35.5. The first-order valence-electron chi connectivity index (χ1n) is 10.2. The van der Waals surface area contributed by atoms with Crippen molar-refractivity contribution in [3.63, 3.8) is 0 Å². The summed E-state index contributed by atoms with van der Waals surface area (Å²) in [4.78, 5) is 37.9. The van der Waals surface area contributed by atoms with E-state index in [1.165, 1.54) is 6.07 Å². The summed E-state index contributed by atoms with van der Waals surface area (Å²) >= 11 is 11.9. The molecule has 0 saturated carbocycles. The van der Waals surface area contributed by atoms with E-state index >= 15 is 0 Å². The first kappa shape index (κ1) is 25.5. The Balaban J connectivity index is 1.87. The van der Waals surface area contributed by atoms with Crippen molar-refractivity contribution in [1.29, 1.82) is 0 Å². The van der Waals surface area contributed by atoms with Gasteiger partial charge in [-0.05, 0) is 24.1 Å². The molecule has 0 aromatic heterocycles. The Morgan fingerprint density at radius 3 is 2.52 bits per heavy atom. The average molecular weight is 520 g/mol. The summed E-state index contributed by atoms with van der Waals surface area (Å²) in [6, 6.07) is 4.67. The number of halogens is 2. The van der Waals surface area contributed by atoms with E-state index in [0.717, 1.165) is 18.2 Å². The van der Waals surface area contributed by atoms with Crippen molar-refractivity contribution in [2.75, 3.05) is 19.0 Å². The molecule has 1 aromatic rings. The molecule has 2 aliphatic rings. The van der Waals surface area contributed by atoms with E-state index in [0.29, 0.717) is 17.0 Å². The first-order valence-corrected chi connectivity index (χ1v) is 12.7. The third kappa shape index (κ3) is 5.51. The SMILES string of the molecule is CCCCO[C@H]1C(=O)N2C(C(=O)OCc3ccc(Cl)c(Cl)c3)=C(COC(C)=O)CS(=O)(=O)[C@H]12. The molecule has 2 atom stereocenters. The highest BCUT2D eigenvalue weighted by Gasteiger charge is 2.61. The predicted molar refractivity (Wildman–Crippen MR) is 119 cm³/mol. The Morgan fingerprint density at radius 1 is 1.15 bits per heavy atom. The van der Waals surface area contributed by atoms with Crippen LogP contribution in [0.3, 0.4) is 0 Å². The standard InChI is InChI=1S/C21H23Cl2NO8S/c1-3-4-7-30-18-19(26)24-17(14(10-31-12(2)25)11-33(28,29)20(18)24)21(27)32-9-13-5-6-15(22)16(23)8-13/h5-6,8,18,20H,3-4,7,9-11H2,1-2H3/t18-,20+/m0/s1. The van der Waals surface area contributed by atoms with Gasteiger partial charge in [0.2, 0.25) is 0 Å². The molecule has 0 spiro atoms. The topological polar surface area (TPSA) is 116 Å². The summed E-state index contributed by atoms with van der Waals surface area (Å²) in [5.74, 6) is -2.83. The lowest BCUT2D eigenvalue weighted by molar-refractivity contribution is -0.167. The van der Waals surface area contributed by atoms with Crippen LogP contribution in [-0.2, 0) is 45.0 Å². The van der Waals surface area contributed by atoms with Crippen LogP contribution in [0.15, 0.2) is 29.5 Å². The van der Waals surface area contributed by atoms with Gasteiger partial charge in [0.05, 0.1) is 15.8 Å². The van der Waals surface area contributed by atoms with E-state index in [-0.39, 0.29) is 29.5 Å². The van der Waals surface area contributed by atoms with Crippen molar-refractivity contribution >= 4 is 50.9 Å². The lowest BCUT2D eigenvalue weighted by Gasteiger charge is -2.48. The average Bonchev–Trinajstić information content (AvgIpc) is 2.75. The van der Waals surface area contributed by atoms with Crippen molar-refractivity contribution in [3.8, 4) is 0 Å². The number of hydrogen-bond donors (Lipinski definition) is 0. The van der Waals surface area contributed by atoms with Gasteiger partial charge in [-0.25, -0.2) is 13.2 Å². The van der Waals surface area contributed by atoms with Gasteiger partial charge < -0.3 is 14.2 Å². The minimum atomic E-state index is -3.89. The van der Waals surface area contributed by atoms with E-state index in [2.05, 4.69) is 0 Å². The van der Waals surface area contributed by atoms with Gasteiger partial charge in [-0.3, -0.25) is 14.5 Å². The highest BCUT2D eigenvalue weighted by Crippen LogP contribution is 2.39. The number of carbonyl (C=O) groups excluding carboxylic acids is 3. The largest absolute Gasteiger partial charge is 0.461 e. The van der Waals surface area contributed by atoms with Gasteiger partial charge in [0.25, 0.3) is 5.91 Å². The zero-order chi connectivity index (χ0) is 24.3. The third-order valence-electron chi connectivity index (χ3n) is 5.11. The fourth-order valence-corrected chi connectivity index (χ4v) is 5.79. The van der Waals surface area contributed by atoms with Crippen molar-refractivity contribution in [2.24, 2.45) is 0 Å². The Bertz CT molecular complexity index is 1100. The van der Waals surface area contributed by atoms with Gasteiger partial charge in [0, 0.05) is 19.1 Å². The van der Waals surface area contributed by atoms with Crippen LogP contribution in [0.1, 0.15) is 32.3 Å². The van der Waals surface area contributed by atoms with Crippen LogP contribution in [0.25, 0.3) is 0 Å². The number of ether oxygens (including phenoxy) is 3. The molecule has 180 valence electrons. The minimum Gasteiger partial charge on any atom is -0.461 e. The molecule has 9 nitrogen and oxygen atoms in total. The monoisotopic (exact) mass is 519 g/mol. The summed E-state index contributed by atoms with van der Waals surface area (Å²) in [5, 5.41) is -0.733. The van der Waals surface area contributed by atoms with Crippen LogP contribution in [0.2, 0.25) is 10.0 Å². The lowest BCUT2D eigenvalue weighted by atomic mass is 10.1. The van der Waals surface area contributed by atoms with Crippen LogP contribution in [0.5, 0.6) is 0 Å². The second kappa shape index (κ2) is 10.4. The summed E-state index contributed by atoms with van der Waals surface area (Å²) in [6.07, 6.45) is 0.262. The molecule has 2 heterocycles. The molecule has 0 unspecified atom stereocenters. The number of rotatable bonds is 9. The summed E-state index contributed by atoms with van der Waals surface area (Å²) < 4.78 is 41.5. The predicted octanol–water partition coefficient (Wildman–Crippen LogP) is 2.64. The van der Waals surface area contributed by atoms with E-state index in [1.54, 1.807) is 12.1 Å².